The largest absolute Gasteiger partial charge is 0.312 e. The van der Waals surface area contributed by atoms with Crippen molar-refractivity contribution in [1.82, 2.24) is 15.1 Å². The molecule has 2 atom stereocenters. The molecule has 3 nitrogen and oxygen atoms in total. The maximum Gasteiger partial charge on any atom is 0.0274 e. The highest BCUT2D eigenvalue weighted by atomic mass is 15.2. The maximum atomic E-state index is 3.75. The van der Waals surface area contributed by atoms with Crippen LogP contribution in [0.1, 0.15) is 47.0 Å². The van der Waals surface area contributed by atoms with Crippen molar-refractivity contribution < 1.29 is 0 Å². The molecule has 1 N–H and O–H groups in total. The van der Waals surface area contributed by atoms with E-state index in [1.165, 1.54) is 38.9 Å². The quantitative estimate of drug-likeness (QED) is 0.730. The van der Waals surface area contributed by atoms with Crippen molar-refractivity contribution in [2.45, 2.75) is 59.0 Å². The van der Waals surface area contributed by atoms with Gasteiger partial charge in [0.15, 0.2) is 0 Å². The standard InChI is InChI=1S/C16H35N3/c1-7-17-15-14(10-11-16(15,3)4)19(8-2)13-9-12-18(5)6/h14-15,17H,7-13H2,1-6H3. The van der Waals surface area contributed by atoms with Crippen molar-refractivity contribution in [3.8, 4) is 0 Å². The van der Waals surface area contributed by atoms with Gasteiger partial charge in [-0.05, 0) is 65.0 Å². The fourth-order valence-electron chi connectivity index (χ4n) is 3.54. The summed E-state index contributed by atoms with van der Waals surface area (Å²) in [5.74, 6) is 0. The Morgan fingerprint density at radius 2 is 1.84 bits per heavy atom. The zero-order valence-corrected chi connectivity index (χ0v) is 14.0. The van der Waals surface area contributed by atoms with Gasteiger partial charge in [-0.15, -0.1) is 0 Å². The summed E-state index contributed by atoms with van der Waals surface area (Å²) in [7, 11) is 4.33. The molecule has 3 heteroatoms. The second-order valence-electron chi connectivity index (χ2n) is 6.92. The summed E-state index contributed by atoms with van der Waals surface area (Å²) < 4.78 is 0. The van der Waals surface area contributed by atoms with Gasteiger partial charge < -0.3 is 10.2 Å². The maximum absolute atomic E-state index is 3.75. The zero-order valence-electron chi connectivity index (χ0n) is 14.0. The predicted molar refractivity (Wildman–Crippen MR) is 84.7 cm³/mol. The smallest absolute Gasteiger partial charge is 0.0274 e. The molecule has 0 radical (unpaired) electrons. The normalized spacial score (nSPS) is 26.5. The number of rotatable bonds is 8. The topological polar surface area (TPSA) is 18.5 Å². The molecule has 0 amide bonds. The van der Waals surface area contributed by atoms with Crippen LogP contribution in [-0.4, -0.2) is 62.2 Å². The lowest BCUT2D eigenvalue weighted by Crippen LogP contribution is -2.52. The average Bonchev–Trinajstić information content (AvgIpc) is 2.62. The summed E-state index contributed by atoms with van der Waals surface area (Å²) in [5.41, 5.74) is 0.440. The van der Waals surface area contributed by atoms with Crippen LogP contribution in [0.4, 0.5) is 0 Å². The van der Waals surface area contributed by atoms with Crippen LogP contribution >= 0.6 is 0 Å². The van der Waals surface area contributed by atoms with E-state index in [1.54, 1.807) is 0 Å². The van der Waals surface area contributed by atoms with Gasteiger partial charge in [-0.1, -0.05) is 27.7 Å². The van der Waals surface area contributed by atoms with Gasteiger partial charge >= 0.3 is 0 Å². The first kappa shape index (κ1) is 16.9. The minimum absolute atomic E-state index is 0.440. The molecular weight excluding hydrogens is 234 g/mol. The number of nitrogens with one attached hydrogen (secondary N) is 1. The van der Waals surface area contributed by atoms with E-state index in [1.807, 2.05) is 0 Å². The monoisotopic (exact) mass is 269 g/mol. The zero-order chi connectivity index (χ0) is 14.5. The molecule has 1 aliphatic rings. The van der Waals surface area contributed by atoms with E-state index in [2.05, 4.69) is 56.9 Å². The summed E-state index contributed by atoms with van der Waals surface area (Å²) in [4.78, 5) is 4.99. The Morgan fingerprint density at radius 1 is 1.16 bits per heavy atom. The molecule has 0 aromatic rings. The highest BCUT2D eigenvalue weighted by molar-refractivity contribution is 5.00. The fourth-order valence-corrected chi connectivity index (χ4v) is 3.54. The number of hydrogen-bond acceptors (Lipinski definition) is 3. The van der Waals surface area contributed by atoms with Gasteiger partial charge in [0.25, 0.3) is 0 Å². The lowest BCUT2D eigenvalue weighted by Gasteiger charge is -2.37. The van der Waals surface area contributed by atoms with Gasteiger partial charge in [0.05, 0.1) is 0 Å². The third-order valence-corrected chi connectivity index (χ3v) is 4.66. The van der Waals surface area contributed by atoms with Gasteiger partial charge in [-0.2, -0.15) is 0 Å². The molecule has 114 valence electrons. The van der Waals surface area contributed by atoms with Crippen LogP contribution in [0.25, 0.3) is 0 Å². The van der Waals surface area contributed by atoms with Crippen LogP contribution < -0.4 is 5.32 Å². The Bertz CT molecular complexity index is 250. The van der Waals surface area contributed by atoms with Crippen LogP contribution in [0.2, 0.25) is 0 Å². The van der Waals surface area contributed by atoms with Gasteiger partial charge in [0, 0.05) is 12.1 Å². The van der Waals surface area contributed by atoms with Crippen molar-refractivity contribution in [2.75, 3.05) is 40.3 Å². The van der Waals surface area contributed by atoms with E-state index in [0.29, 0.717) is 11.5 Å². The van der Waals surface area contributed by atoms with E-state index in [4.69, 9.17) is 0 Å². The van der Waals surface area contributed by atoms with Crippen molar-refractivity contribution in [3.05, 3.63) is 0 Å². The van der Waals surface area contributed by atoms with Crippen LogP contribution in [0.3, 0.4) is 0 Å². The summed E-state index contributed by atoms with van der Waals surface area (Å²) in [6, 6.07) is 1.37. The lowest BCUT2D eigenvalue weighted by atomic mass is 9.86. The van der Waals surface area contributed by atoms with Crippen LogP contribution in [0.5, 0.6) is 0 Å². The number of nitrogens with zero attached hydrogens (tertiary/aromatic N) is 2. The molecular formula is C16H35N3. The molecule has 0 heterocycles. The summed E-state index contributed by atoms with van der Waals surface area (Å²) >= 11 is 0. The Hall–Kier alpha value is -0.120. The average molecular weight is 269 g/mol. The first-order valence-electron chi connectivity index (χ1n) is 8.04. The van der Waals surface area contributed by atoms with Crippen LogP contribution in [-0.2, 0) is 0 Å². The van der Waals surface area contributed by atoms with Gasteiger partial charge in [-0.25, -0.2) is 0 Å². The second-order valence-corrected chi connectivity index (χ2v) is 6.92. The molecule has 0 aromatic heterocycles. The van der Waals surface area contributed by atoms with Gasteiger partial charge in [0.1, 0.15) is 0 Å². The van der Waals surface area contributed by atoms with E-state index >= 15 is 0 Å². The Labute approximate surface area is 120 Å². The predicted octanol–water partition coefficient (Wildman–Crippen LogP) is 2.43. The molecule has 1 saturated carbocycles. The molecule has 1 aliphatic carbocycles. The van der Waals surface area contributed by atoms with Gasteiger partial charge in [-0.3, -0.25) is 4.90 Å². The van der Waals surface area contributed by atoms with Crippen molar-refractivity contribution >= 4 is 0 Å². The summed E-state index contributed by atoms with van der Waals surface area (Å²) in [5, 5.41) is 3.75. The highest BCUT2D eigenvalue weighted by Crippen LogP contribution is 2.39. The second kappa shape index (κ2) is 7.61. The van der Waals surface area contributed by atoms with Gasteiger partial charge in [0.2, 0.25) is 0 Å². The van der Waals surface area contributed by atoms with Crippen LogP contribution in [0.15, 0.2) is 0 Å². The summed E-state index contributed by atoms with van der Waals surface area (Å²) in [6.07, 6.45) is 3.97. The SMILES string of the molecule is CCNC1C(N(CC)CCCN(C)C)CCC1(C)C. The Kier molecular flexibility index (Phi) is 6.78. The van der Waals surface area contributed by atoms with E-state index in [-0.39, 0.29) is 0 Å². The number of hydrogen-bond donors (Lipinski definition) is 1. The Morgan fingerprint density at radius 3 is 2.37 bits per heavy atom. The highest BCUT2D eigenvalue weighted by Gasteiger charge is 2.43. The summed E-state index contributed by atoms with van der Waals surface area (Å²) in [6.45, 7) is 14.1. The molecule has 2 unspecified atom stereocenters. The fraction of sp³-hybridized carbons (Fsp3) is 1.00. The van der Waals surface area contributed by atoms with E-state index in [9.17, 15) is 0 Å². The van der Waals surface area contributed by atoms with E-state index < -0.39 is 0 Å². The van der Waals surface area contributed by atoms with Crippen molar-refractivity contribution in [3.63, 3.8) is 0 Å². The minimum atomic E-state index is 0.440. The molecule has 19 heavy (non-hydrogen) atoms. The lowest BCUT2D eigenvalue weighted by molar-refractivity contribution is 0.146. The third kappa shape index (κ3) is 4.73. The minimum Gasteiger partial charge on any atom is -0.312 e. The molecule has 0 aliphatic heterocycles. The molecule has 0 saturated heterocycles. The first-order chi connectivity index (χ1) is 8.92. The molecule has 0 aromatic carbocycles. The third-order valence-electron chi connectivity index (χ3n) is 4.66. The van der Waals surface area contributed by atoms with Crippen molar-refractivity contribution in [2.24, 2.45) is 5.41 Å². The molecule has 0 spiro atoms. The number of likely N-dealkylation sites (N-methyl/N-ethyl adjacent to an activating group) is 2. The molecule has 1 rings (SSSR count). The van der Waals surface area contributed by atoms with E-state index in [0.717, 1.165) is 12.6 Å². The molecule has 1 fully saturated rings. The first-order valence-corrected chi connectivity index (χ1v) is 8.04. The van der Waals surface area contributed by atoms with Crippen LogP contribution in [0, 0.1) is 5.41 Å². The Balaban J connectivity index is 2.58. The van der Waals surface area contributed by atoms with Crippen molar-refractivity contribution in [1.29, 1.82) is 0 Å². The molecule has 0 bridgehead atoms.